The van der Waals surface area contributed by atoms with Crippen LogP contribution in [0.15, 0.2) is 65.5 Å². The highest BCUT2D eigenvalue weighted by atomic mass is 16.7. The zero-order valence-corrected chi connectivity index (χ0v) is 12.7. The second-order valence-electron chi connectivity index (χ2n) is 5.83. The number of aromatic nitrogens is 1. The van der Waals surface area contributed by atoms with Crippen LogP contribution in [0.5, 0.6) is 11.5 Å². The third-order valence-electron chi connectivity index (χ3n) is 4.40. The van der Waals surface area contributed by atoms with Gasteiger partial charge < -0.3 is 14.5 Å². The van der Waals surface area contributed by atoms with E-state index in [0.717, 1.165) is 27.5 Å². The number of nitrogens with one attached hydrogen (secondary N) is 1. The van der Waals surface area contributed by atoms with Crippen molar-refractivity contribution < 1.29 is 9.47 Å². The van der Waals surface area contributed by atoms with Crippen LogP contribution < -0.4 is 14.9 Å². The van der Waals surface area contributed by atoms with Gasteiger partial charge in [-0.25, -0.2) is 0 Å². The summed E-state index contributed by atoms with van der Waals surface area (Å²) in [5.41, 5.74) is 2.51. The summed E-state index contributed by atoms with van der Waals surface area (Å²) < 4.78 is 10.8. The van der Waals surface area contributed by atoms with Crippen molar-refractivity contribution in [2.75, 3.05) is 6.79 Å². The number of fused-ring (bicyclic) bond motifs is 3. The summed E-state index contributed by atoms with van der Waals surface area (Å²) in [6.07, 6.45) is 0. The lowest BCUT2D eigenvalue weighted by molar-refractivity contribution is 0.174. The van der Waals surface area contributed by atoms with E-state index in [1.54, 1.807) is 12.1 Å². The van der Waals surface area contributed by atoms with E-state index in [9.17, 15) is 4.79 Å². The van der Waals surface area contributed by atoms with E-state index in [-0.39, 0.29) is 12.2 Å². The summed E-state index contributed by atoms with van der Waals surface area (Å²) in [4.78, 5) is 16.0. The third kappa shape index (κ3) is 1.90. The minimum absolute atomic E-state index is 0.0371. The van der Waals surface area contributed by atoms with Gasteiger partial charge in [0, 0.05) is 23.1 Å². The average Bonchev–Trinajstić information content (AvgIpc) is 3.07. The number of pyridine rings is 1. The molecular formula is C20H13NO3. The van der Waals surface area contributed by atoms with Crippen molar-refractivity contribution in [1.29, 1.82) is 0 Å². The predicted octanol–water partition coefficient (Wildman–Crippen LogP) is 4.08. The quantitative estimate of drug-likeness (QED) is 0.576. The Labute approximate surface area is 137 Å². The third-order valence-corrected chi connectivity index (χ3v) is 4.40. The molecule has 0 spiro atoms. The molecule has 0 atom stereocenters. The molecule has 4 heteroatoms. The Balaban J connectivity index is 1.81. The van der Waals surface area contributed by atoms with E-state index in [4.69, 9.17) is 9.47 Å². The first-order valence-corrected chi connectivity index (χ1v) is 7.74. The van der Waals surface area contributed by atoms with Gasteiger partial charge in [0.05, 0.1) is 11.2 Å². The molecule has 3 aromatic carbocycles. The van der Waals surface area contributed by atoms with Gasteiger partial charge in [0.25, 0.3) is 0 Å². The maximum absolute atomic E-state index is 12.6. The number of rotatable bonds is 1. The molecule has 4 nitrogen and oxygen atoms in total. The molecule has 0 radical (unpaired) electrons. The van der Waals surface area contributed by atoms with E-state index in [1.165, 1.54) is 0 Å². The Morgan fingerprint density at radius 3 is 2.54 bits per heavy atom. The van der Waals surface area contributed by atoms with E-state index < -0.39 is 0 Å². The van der Waals surface area contributed by atoms with E-state index in [2.05, 4.69) is 23.2 Å². The molecule has 2 heterocycles. The van der Waals surface area contributed by atoms with Crippen LogP contribution in [0, 0.1) is 0 Å². The van der Waals surface area contributed by atoms with Gasteiger partial charge in [0.15, 0.2) is 16.9 Å². The Morgan fingerprint density at radius 2 is 1.62 bits per heavy atom. The zero-order valence-electron chi connectivity index (χ0n) is 12.7. The summed E-state index contributed by atoms with van der Waals surface area (Å²) in [7, 11) is 0. The Bertz CT molecular complexity index is 1160. The molecule has 0 amide bonds. The fraction of sp³-hybridized carbons (Fsp3) is 0.0500. The molecule has 0 saturated carbocycles. The number of ether oxygens (including phenoxy) is 2. The van der Waals surface area contributed by atoms with Gasteiger partial charge in [-0.2, -0.15) is 0 Å². The molecule has 0 aliphatic carbocycles. The van der Waals surface area contributed by atoms with Crippen molar-refractivity contribution >= 4 is 21.7 Å². The van der Waals surface area contributed by atoms with Crippen molar-refractivity contribution in [2.45, 2.75) is 0 Å². The molecular weight excluding hydrogens is 302 g/mol. The number of aromatic amines is 1. The molecule has 0 fully saturated rings. The first kappa shape index (κ1) is 13.2. The van der Waals surface area contributed by atoms with Gasteiger partial charge in [0.1, 0.15) is 0 Å². The number of hydrogen-bond acceptors (Lipinski definition) is 3. The fourth-order valence-corrected chi connectivity index (χ4v) is 3.24. The van der Waals surface area contributed by atoms with Crippen molar-refractivity contribution in [2.24, 2.45) is 0 Å². The lowest BCUT2D eigenvalue weighted by Gasteiger charge is -2.09. The lowest BCUT2D eigenvalue weighted by atomic mass is 10.0. The highest BCUT2D eigenvalue weighted by Crippen LogP contribution is 2.35. The highest BCUT2D eigenvalue weighted by molar-refractivity contribution is 5.97. The molecule has 1 aliphatic rings. The molecule has 0 saturated heterocycles. The lowest BCUT2D eigenvalue weighted by Crippen LogP contribution is -2.03. The number of benzene rings is 3. The summed E-state index contributed by atoms with van der Waals surface area (Å²) >= 11 is 0. The summed E-state index contributed by atoms with van der Waals surface area (Å²) in [6, 6.07) is 19.4. The summed E-state index contributed by atoms with van der Waals surface area (Å²) in [6.45, 7) is 0.191. The Morgan fingerprint density at radius 1 is 0.833 bits per heavy atom. The second kappa shape index (κ2) is 4.86. The SMILES string of the molecule is O=c1cc(-c2cccc3ccccc23)[nH]c2cc3c(cc12)OCO3. The average molecular weight is 315 g/mol. The molecule has 4 aromatic rings. The van der Waals surface area contributed by atoms with Gasteiger partial charge in [-0.1, -0.05) is 42.5 Å². The van der Waals surface area contributed by atoms with Gasteiger partial charge in [0.2, 0.25) is 6.79 Å². The van der Waals surface area contributed by atoms with E-state index in [1.807, 2.05) is 30.3 Å². The summed E-state index contributed by atoms with van der Waals surface area (Å²) in [5, 5.41) is 2.85. The van der Waals surface area contributed by atoms with Crippen molar-refractivity contribution in [1.82, 2.24) is 4.98 Å². The van der Waals surface area contributed by atoms with Crippen LogP contribution >= 0.6 is 0 Å². The fourth-order valence-electron chi connectivity index (χ4n) is 3.24. The van der Waals surface area contributed by atoms with Crippen LogP contribution in [0.1, 0.15) is 0 Å². The first-order chi connectivity index (χ1) is 11.8. The maximum atomic E-state index is 12.6. The van der Waals surface area contributed by atoms with Crippen LogP contribution in [0.4, 0.5) is 0 Å². The second-order valence-corrected chi connectivity index (χ2v) is 5.83. The topological polar surface area (TPSA) is 51.3 Å². The van der Waals surface area contributed by atoms with Crippen molar-refractivity contribution in [3.8, 4) is 22.8 Å². The molecule has 1 aromatic heterocycles. The molecule has 24 heavy (non-hydrogen) atoms. The van der Waals surface area contributed by atoms with Crippen LogP contribution in [0.3, 0.4) is 0 Å². The van der Waals surface area contributed by atoms with Crippen molar-refractivity contribution in [3.63, 3.8) is 0 Å². The van der Waals surface area contributed by atoms with E-state index in [0.29, 0.717) is 16.9 Å². The smallest absolute Gasteiger partial charge is 0.231 e. The predicted molar refractivity (Wildman–Crippen MR) is 93.6 cm³/mol. The Hall–Kier alpha value is -3.27. The van der Waals surface area contributed by atoms with Gasteiger partial charge >= 0.3 is 0 Å². The zero-order chi connectivity index (χ0) is 16.1. The maximum Gasteiger partial charge on any atom is 0.231 e. The van der Waals surface area contributed by atoms with Crippen LogP contribution in [0.25, 0.3) is 32.9 Å². The number of H-pyrrole nitrogens is 1. The van der Waals surface area contributed by atoms with Crippen molar-refractivity contribution in [3.05, 3.63) is 70.9 Å². The molecule has 1 N–H and O–H groups in total. The van der Waals surface area contributed by atoms with Gasteiger partial charge in [-0.15, -0.1) is 0 Å². The summed E-state index contributed by atoms with van der Waals surface area (Å²) in [5.74, 6) is 1.28. The standard InChI is InChI=1S/C20H13NO3/c22-18-9-16(14-7-3-5-12-4-1-2-6-13(12)14)21-17-10-20-19(8-15(17)18)23-11-24-20/h1-10H,11H2,(H,21,22). The minimum atomic E-state index is -0.0371. The molecule has 5 rings (SSSR count). The van der Waals surface area contributed by atoms with Crippen LogP contribution in [-0.4, -0.2) is 11.8 Å². The Kier molecular flexibility index (Phi) is 2.67. The molecule has 0 unspecified atom stereocenters. The largest absolute Gasteiger partial charge is 0.454 e. The number of hydrogen-bond donors (Lipinski definition) is 1. The van der Waals surface area contributed by atoms with E-state index >= 15 is 0 Å². The van der Waals surface area contributed by atoms with Crippen LogP contribution in [-0.2, 0) is 0 Å². The minimum Gasteiger partial charge on any atom is -0.454 e. The normalized spacial score (nSPS) is 12.8. The monoisotopic (exact) mass is 315 g/mol. The molecule has 116 valence electrons. The van der Waals surface area contributed by atoms with Gasteiger partial charge in [-0.3, -0.25) is 4.79 Å². The molecule has 1 aliphatic heterocycles. The molecule has 0 bridgehead atoms. The van der Waals surface area contributed by atoms with Crippen LogP contribution in [0.2, 0.25) is 0 Å². The van der Waals surface area contributed by atoms with Gasteiger partial charge in [-0.05, 0) is 16.8 Å². The highest BCUT2D eigenvalue weighted by Gasteiger charge is 2.16. The first-order valence-electron chi connectivity index (χ1n) is 7.74.